The predicted molar refractivity (Wildman–Crippen MR) is 396 cm³/mol. The van der Waals surface area contributed by atoms with E-state index in [9.17, 15) is 24.0 Å². The Morgan fingerprint density at radius 2 is 1.02 bits per heavy atom. The number of aromatic amines is 1. The number of imidazole rings is 7. The number of nitrogens with one attached hydrogen (secondary N) is 5. The highest BCUT2D eigenvalue weighted by Gasteiger charge is 2.55. The number of rotatable bonds is 8. The topological polar surface area (TPSA) is 327 Å². The van der Waals surface area contributed by atoms with E-state index in [0.29, 0.717) is 38.1 Å². The molecule has 27 nitrogen and oxygen atoms in total. The van der Waals surface area contributed by atoms with Gasteiger partial charge in [0.1, 0.15) is 50.8 Å². The van der Waals surface area contributed by atoms with Gasteiger partial charge < -0.3 is 32.0 Å². The van der Waals surface area contributed by atoms with Gasteiger partial charge in [-0.1, -0.05) is 106 Å². The van der Waals surface area contributed by atoms with Gasteiger partial charge in [0, 0.05) is 136 Å². The fourth-order valence-electron chi connectivity index (χ4n) is 13.3. The number of aromatic nitrogens is 16. The van der Waals surface area contributed by atoms with E-state index in [1.807, 2.05) is 84.4 Å². The molecule has 4 amide bonds. The lowest BCUT2D eigenvalue weighted by molar-refractivity contribution is -0.689. The summed E-state index contributed by atoms with van der Waals surface area (Å²) in [6.07, 6.45) is 32.5. The zero-order valence-electron chi connectivity index (χ0n) is 59.2. The highest BCUT2D eigenvalue weighted by atomic mass is 79.9. The lowest BCUT2D eigenvalue weighted by Crippen LogP contribution is -2.48. The summed E-state index contributed by atoms with van der Waals surface area (Å²) in [6, 6.07) is 13.2. The van der Waals surface area contributed by atoms with Crippen molar-refractivity contribution in [2.45, 2.75) is 132 Å². The summed E-state index contributed by atoms with van der Waals surface area (Å²) in [6.45, 7) is 27.6. The Morgan fingerprint density at radius 3 is 1.41 bits per heavy atom. The van der Waals surface area contributed by atoms with Crippen LogP contribution in [0.2, 0.25) is 0 Å². The number of amides is 4. The molecular formula is C70H98Br2Cl2N22O5+2. The van der Waals surface area contributed by atoms with Gasteiger partial charge in [-0.05, 0) is 84.1 Å². The van der Waals surface area contributed by atoms with Gasteiger partial charge in [0.2, 0.25) is 0 Å². The van der Waals surface area contributed by atoms with Crippen LogP contribution in [-0.2, 0) is 55.9 Å². The molecule has 9 aromatic rings. The van der Waals surface area contributed by atoms with Crippen molar-refractivity contribution >= 4 is 86.8 Å². The first-order valence-corrected chi connectivity index (χ1v) is 35.9. The molecule has 2 aliphatic carbocycles. The summed E-state index contributed by atoms with van der Waals surface area (Å²) in [5.74, 6) is 6.56. The van der Waals surface area contributed by atoms with E-state index in [4.69, 9.17) is 16.0 Å². The fraction of sp³-hybridized carbons (Fsp3) is 0.471. The van der Waals surface area contributed by atoms with Crippen LogP contribution in [0.25, 0.3) is 0 Å². The van der Waals surface area contributed by atoms with Gasteiger partial charge >= 0.3 is 30.2 Å². The Kier molecular flexibility index (Phi) is 33.9. The molecule has 2 fully saturated rings. The molecule has 101 heavy (non-hydrogen) atoms. The molecule has 0 saturated heterocycles. The number of halogens is 4. The lowest BCUT2D eigenvalue weighted by atomic mass is 9.51. The summed E-state index contributed by atoms with van der Waals surface area (Å²) in [7, 11) is 0. The average Bonchev–Trinajstić information content (AvgIpc) is 1.65. The third kappa shape index (κ3) is 22.7. The number of hydrogen-bond donors (Lipinski definition) is 6. The first kappa shape index (κ1) is 83.0. The fourth-order valence-corrected chi connectivity index (χ4v) is 14.0. The minimum Gasteiger partial charge on any atom is -0.348 e. The number of fused-ring (bicyclic) bond motifs is 5. The number of carbonyl (C=O) groups excluding carboxylic acids is 5. The number of carbonyl (C=O) groups is 5. The van der Waals surface area contributed by atoms with Gasteiger partial charge in [-0.2, -0.15) is 5.26 Å². The van der Waals surface area contributed by atoms with Gasteiger partial charge in [-0.3, -0.25) is 23.3 Å². The molecule has 4 aliphatic heterocycles. The minimum absolute atomic E-state index is 0. The van der Waals surface area contributed by atoms with E-state index in [1.54, 1.807) is 64.9 Å². The second-order valence-corrected chi connectivity index (χ2v) is 26.3. The number of pyridine rings is 2. The number of nitrogens with zero attached hydrogens (tertiary/aromatic N) is 16. The molecule has 7 atom stereocenters. The number of nitrogens with two attached hydrogens (primary N) is 1. The average molecular weight is 1560 g/mol. The third-order valence-corrected chi connectivity index (χ3v) is 19.8. The second kappa shape index (κ2) is 41.3. The predicted octanol–water partition coefficient (Wildman–Crippen LogP) is 10.2. The van der Waals surface area contributed by atoms with Crippen molar-refractivity contribution in [2.24, 2.45) is 52.6 Å². The van der Waals surface area contributed by atoms with E-state index in [-0.39, 0.29) is 55.0 Å². The molecular weight excluding hydrogens is 1460 g/mol. The van der Waals surface area contributed by atoms with Crippen LogP contribution in [0.5, 0.6) is 0 Å². The van der Waals surface area contributed by atoms with Gasteiger partial charge in [0.05, 0.1) is 35.2 Å². The number of H-pyrrole nitrogens is 1. The van der Waals surface area contributed by atoms with Crippen molar-refractivity contribution < 1.29 is 33.1 Å². The zero-order chi connectivity index (χ0) is 71.6. The Balaban J connectivity index is 0.000000219. The van der Waals surface area contributed by atoms with E-state index < -0.39 is 0 Å². The molecule has 0 unspecified atom stereocenters. The first-order chi connectivity index (χ1) is 47.8. The minimum atomic E-state index is -0.190. The van der Waals surface area contributed by atoms with Crippen molar-refractivity contribution in [2.75, 3.05) is 32.7 Å². The Hall–Kier alpha value is -8.69. The van der Waals surface area contributed by atoms with Crippen LogP contribution in [-0.4, -0.2) is 130 Å². The molecule has 2 saturated carbocycles. The van der Waals surface area contributed by atoms with Crippen molar-refractivity contribution in [1.29, 1.82) is 5.26 Å². The van der Waals surface area contributed by atoms with E-state index in [1.165, 1.54) is 56.9 Å². The van der Waals surface area contributed by atoms with Crippen LogP contribution in [0.15, 0.2) is 136 Å². The van der Waals surface area contributed by atoms with Crippen LogP contribution < -0.4 is 36.1 Å². The summed E-state index contributed by atoms with van der Waals surface area (Å²) in [4.78, 5) is 88.2. The van der Waals surface area contributed by atoms with Gasteiger partial charge in [-0.15, -0.1) is 33.9 Å². The van der Waals surface area contributed by atoms with Crippen LogP contribution in [0.4, 0.5) is 24.0 Å². The molecule has 9 aromatic heterocycles. The van der Waals surface area contributed by atoms with Crippen molar-refractivity contribution in [1.82, 2.24) is 88.5 Å². The number of alkyl halides is 2. The zero-order valence-corrected chi connectivity index (χ0v) is 64.0. The molecule has 0 aromatic carbocycles. The summed E-state index contributed by atoms with van der Waals surface area (Å²) in [5.41, 5.74) is 14.9. The highest BCUT2D eigenvalue weighted by Crippen LogP contribution is 2.61. The van der Waals surface area contributed by atoms with Crippen LogP contribution in [0.3, 0.4) is 0 Å². The van der Waals surface area contributed by atoms with Crippen LogP contribution in [0, 0.1) is 58.2 Å². The van der Waals surface area contributed by atoms with Crippen LogP contribution in [0.1, 0.15) is 127 Å². The normalized spacial score (nSPS) is 19.5. The Bertz CT molecular complexity index is 3840. The summed E-state index contributed by atoms with van der Waals surface area (Å²) in [5, 5.41) is 20.1. The highest BCUT2D eigenvalue weighted by molar-refractivity contribution is 9.08. The maximum atomic E-state index is 11.9. The molecule has 0 radical (unpaired) electrons. The number of hydrogen-bond acceptors (Lipinski definition) is 14. The quantitative estimate of drug-likeness (QED) is 0.0609. The standard InChI is InChI=1S/C19H19N7O2.C16H30.C7H7Br2N.C7H6N4O.2C6H7N3O.C5H9N3.C2H3N.C2H6.2ClH/c27-18-20-6-4-16-10-23(12-25(16)18)8-14-2-1-3-15(22-14)9-24-11-17-5-7-21-19(28)26(17)13-24;1-9-8-10(2)15-13(5)16(6,7)12(4)11(3)14(9)15;8-4-6-2-1-3-7(5-9)10-6;12-7(10-3-1-8-5-10)11-4-2-9-6-11;2*10-6-8-2-1-5-3-7-4-9(5)6;6-2-1-5-3-7-4-8-5;1-2-3;1-2;;/h1-3,10-13H,4-9H2;9-15H,8H2,1-7H3;1-3H,4-5H2;1-6H;2*3-4H,1-2H2,(H,8,10);3-4H,1-2,6H2,(H,7,8);1H3;1-2H3;2*1H/p+2/t;9-,10+,11+,12-,13+,14+,15-;;;;;;;;;/m.0........./s1. The molecule has 31 heteroatoms. The number of nitriles is 1. The molecule has 13 heterocycles. The van der Waals surface area contributed by atoms with Crippen LogP contribution >= 0.6 is 56.7 Å². The van der Waals surface area contributed by atoms with Crippen molar-refractivity contribution in [3.05, 3.63) is 188 Å². The Morgan fingerprint density at radius 1 is 0.604 bits per heavy atom. The van der Waals surface area contributed by atoms with Crippen molar-refractivity contribution in [3.8, 4) is 6.07 Å². The molecule has 0 spiro atoms. The molecule has 7 N–H and O–H groups in total. The van der Waals surface area contributed by atoms with Gasteiger partial charge in [-0.25, -0.2) is 63.0 Å². The summed E-state index contributed by atoms with van der Waals surface area (Å²) < 4.78 is 13.1. The van der Waals surface area contributed by atoms with Crippen molar-refractivity contribution in [3.63, 3.8) is 0 Å². The van der Waals surface area contributed by atoms with E-state index in [0.717, 1.165) is 149 Å². The smallest absolute Gasteiger partial charge is 0.348 e. The van der Waals surface area contributed by atoms with Gasteiger partial charge in [0.25, 0.3) is 12.7 Å². The van der Waals surface area contributed by atoms with E-state index >= 15 is 0 Å². The van der Waals surface area contributed by atoms with Gasteiger partial charge in [0.15, 0.2) is 11.4 Å². The van der Waals surface area contributed by atoms with E-state index in [2.05, 4.69) is 136 Å². The maximum Gasteiger partial charge on any atom is 0.413 e. The second-order valence-electron chi connectivity index (χ2n) is 25.2. The maximum absolute atomic E-state index is 11.9. The molecule has 544 valence electrons. The molecule has 6 aliphatic rings. The SMILES string of the molecule is BrCc1cccc(CBr)n1.CC.CC#N.C[C@H]1[C@@H]2[C@@H]([C@H](C)C[C@@H]2C)[C@@H](C)C(C)(C)[C@H]1C.Cl.Cl.NCCc1cnc[nH]1.O=C(n1ccnc1)n1ccnc1.O=C1NCCc2c[n+](Cc3cccc(C[n+]4cc5n(c4)C(=O)NCC5)n3)cn21.O=C1NCCc2cncn21.O=C1NCCc2cncn21. The third-order valence-electron chi connectivity index (χ3n) is 18.6. The molecule has 15 rings (SSSR count). The largest absolute Gasteiger partial charge is 0.413 e. The Labute approximate surface area is 620 Å². The molecule has 0 bridgehead atoms. The first-order valence-electron chi connectivity index (χ1n) is 33.6. The summed E-state index contributed by atoms with van der Waals surface area (Å²) >= 11 is 6.69. The monoisotopic (exact) mass is 1550 g/mol. The lowest BCUT2D eigenvalue weighted by Gasteiger charge is -2.54.